The van der Waals surface area contributed by atoms with Gasteiger partial charge >= 0.3 is 5.97 Å². The molecular formula is C13H17NO3. The van der Waals surface area contributed by atoms with Crippen LogP contribution >= 0.6 is 0 Å². The van der Waals surface area contributed by atoms with Crippen LogP contribution in [-0.4, -0.2) is 22.9 Å². The number of hydrogen-bond donors (Lipinski definition) is 0. The van der Waals surface area contributed by atoms with Crippen LogP contribution in [0.2, 0.25) is 0 Å². The summed E-state index contributed by atoms with van der Waals surface area (Å²) in [4.78, 5) is 22.9. The van der Waals surface area contributed by atoms with E-state index in [9.17, 15) is 9.59 Å². The molecule has 1 aromatic heterocycles. The Morgan fingerprint density at radius 3 is 3.06 bits per heavy atom. The quantitative estimate of drug-likeness (QED) is 0.749. The SMILES string of the molecule is CCOC(=O)CCn1ccc2c1CCCC2=O. The summed E-state index contributed by atoms with van der Waals surface area (Å²) in [7, 11) is 0. The molecule has 2 rings (SSSR count). The third-order valence-electron chi connectivity index (χ3n) is 3.06. The van der Waals surface area contributed by atoms with Gasteiger partial charge in [-0.1, -0.05) is 0 Å². The number of rotatable bonds is 4. The predicted molar refractivity (Wildman–Crippen MR) is 63.0 cm³/mol. The first-order chi connectivity index (χ1) is 8.22. The number of aromatic nitrogens is 1. The van der Waals surface area contributed by atoms with E-state index in [1.807, 2.05) is 16.8 Å². The molecule has 1 aliphatic carbocycles. The molecule has 0 spiro atoms. The molecule has 0 radical (unpaired) electrons. The van der Waals surface area contributed by atoms with Gasteiger partial charge in [0.1, 0.15) is 0 Å². The van der Waals surface area contributed by atoms with Crippen molar-refractivity contribution in [3.05, 3.63) is 23.5 Å². The number of aryl methyl sites for hydroxylation is 1. The highest BCUT2D eigenvalue weighted by atomic mass is 16.5. The monoisotopic (exact) mass is 235 g/mol. The second kappa shape index (κ2) is 5.17. The van der Waals surface area contributed by atoms with Gasteiger partial charge < -0.3 is 9.30 Å². The maximum atomic E-state index is 11.6. The summed E-state index contributed by atoms with van der Waals surface area (Å²) in [5.74, 6) is 0.0400. The molecule has 4 nitrogen and oxygen atoms in total. The van der Waals surface area contributed by atoms with E-state index in [-0.39, 0.29) is 11.8 Å². The van der Waals surface area contributed by atoms with Crippen molar-refractivity contribution < 1.29 is 14.3 Å². The Balaban J connectivity index is 2.03. The van der Waals surface area contributed by atoms with Crippen LogP contribution < -0.4 is 0 Å². The first-order valence-corrected chi connectivity index (χ1v) is 6.09. The van der Waals surface area contributed by atoms with Gasteiger partial charge in [0, 0.05) is 30.4 Å². The van der Waals surface area contributed by atoms with Gasteiger partial charge in [-0.25, -0.2) is 0 Å². The average Bonchev–Trinajstić information content (AvgIpc) is 2.72. The molecule has 0 amide bonds. The van der Waals surface area contributed by atoms with E-state index in [4.69, 9.17) is 4.74 Å². The van der Waals surface area contributed by atoms with Gasteiger partial charge in [0.05, 0.1) is 13.0 Å². The molecule has 4 heteroatoms. The van der Waals surface area contributed by atoms with Gasteiger partial charge in [0.25, 0.3) is 0 Å². The van der Waals surface area contributed by atoms with Crippen molar-refractivity contribution >= 4 is 11.8 Å². The second-order valence-electron chi connectivity index (χ2n) is 4.20. The molecule has 0 atom stereocenters. The van der Waals surface area contributed by atoms with Crippen LogP contribution in [0.1, 0.15) is 42.2 Å². The number of Topliss-reactive ketones (excluding diaryl/α,β-unsaturated/α-hetero) is 1. The molecule has 0 N–H and O–H groups in total. The van der Waals surface area contributed by atoms with Crippen molar-refractivity contribution in [2.75, 3.05) is 6.61 Å². The summed E-state index contributed by atoms with van der Waals surface area (Å²) in [6, 6.07) is 1.86. The Kier molecular flexibility index (Phi) is 3.61. The van der Waals surface area contributed by atoms with E-state index in [1.54, 1.807) is 6.92 Å². The van der Waals surface area contributed by atoms with Gasteiger partial charge in [-0.05, 0) is 25.8 Å². The number of carbonyl (C=O) groups is 2. The van der Waals surface area contributed by atoms with E-state index < -0.39 is 0 Å². The lowest BCUT2D eigenvalue weighted by atomic mass is 9.97. The van der Waals surface area contributed by atoms with Crippen LogP contribution in [0.4, 0.5) is 0 Å². The minimum absolute atomic E-state index is 0.183. The standard InChI is InChI=1S/C13H17NO3/c1-2-17-13(16)7-9-14-8-6-10-11(14)4-3-5-12(10)15/h6,8H,2-5,7,9H2,1H3. The summed E-state index contributed by atoms with van der Waals surface area (Å²) in [5, 5.41) is 0. The van der Waals surface area contributed by atoms with Crippen LogP contribution in [-0.2, 0) is 22.5 Å². The number of hydrogen-bond acceptors (Lipinski definition) is 3. The second-order valence-corrected chi connectivity index (χ2v) is 4.20. The summed E-state index contributed by atoms with van der Waals surface area (Å²) in [6.45, 7) is 2.82. The molecule has 92 valence electrons. The topological polar surface area (TPSA) is 48.3 Å². The fraction of sp³-hybridized carbons (Fsp3) is 0.538. The highest BCUT2D eigenvalue weighted by Crippen LogP contribution is 2.22. The number of carbonyl (C=O) groups excluding carboxylic acids is 2. The summed E-state index contributed by atoms with van der Waals surface area (Å²) < 4.78 is 6.89. The first kappa shape index (κ1) is 11.9. The van der Waals surface area contributed by atoms with Crippen LogP contribution in [0, 0.1) is 0 Å². The van der Waals surface area contributed by atoms with E-state index >= 15 is 0 Å². The van der Waals surface area contributed by atoms with Crippen LogP contribution in [0.25, 0.3) is 0 Å². The van der Waals surface area contributed by atoms with E-state index in [0.717, 1.165) is 24.1 Å². The highest BCUT2D eigenvalue weighted by Gasteiger charge is 2.20. The van der Waals surface area contributed by atoms with Gasteiger partial charge in [0.2, 0.25) is 0 Å². The number of ketones is 1. The molecule has 1 aliphatic rings. The van der Waals surface area contributed by atoms with Gasteiger partial charge in [0.15, 0.2) is 5.78 Å². The van der Waals surface area contributed by atoms with Crippen LogP contribution in [0.5, 0.6) is 0 Å². The van der Waals surface area contributed by atoms with E-state index in [2.05, 4.69) is 0 Å². The Bertz CT molecular complexity index is 434. The van der Waals surface area contributed by atoms with Crippen LogP contribution in [0.15, 0.2) is 12.3 Å². The molecule has 0 aliphatic heterocycles. The third kappa shape index (κ3) is 2.57. The normalized spacial score (nSPS) is 14.5. The van der Waals surface area contributed by atoms with Gasteiger partial charge in [-0.2, -0.15) is 0 Å². The molecule has 0 saturated heterocycles. The maximum absolute atomic E-state index is 11.6. The summed E-state index contributed by atoms with van der Waals surface area (Å²) in [5.41, 5.74) is 1.91. The van der Waals surface area contributed by atoms with Crippen molar-refractivity contribution in [2.45, 2.75) is 39.2 Å². The molecule has 1 aromatic rings. The van der Waals surface area contributed by atoms with Crippen LogP contribution in [0.3, 0.4) is 0 Å². The Morgan fingerprint density at radius 2 is 2.29 bits per heavy atom. The van der Waals surface area contributed by atoms with Crippen molar-refractivity contribution in [3.63, 3.8) is 0 Å². The highest BCUT2D eigenvalue weighted by molar-refractivity contribution is 5.98. The minimum atomic E-state index is -0.183. The molecule has 0 aromatic carbocycles. The predicted octanol–water partition coefficient (Wildman–Crippen LogP) is 1.96. The molecule has 0 fully saturated rings. The Labute approximate surface area is 101 Å². The summed E-state index contributed by atoms with van der Waals surface area (Å²) in [6.07, 6.45) is 4.75. The van der Waals surface area contributed by atoms with Gasteiger partial charge in [-0.15, -0.1) is 0 Å². The Hall–Kier alpha value is -1.58. The zero-order chi connectivity index (χ0) is 12.3. The zero-order valence-electron chi connectivity index (χ0n) is 10.1. The molecule has 1 heterocycles. The molecule has 0 unspecified atom stereocenters. The molecule has 17 heavy (non-hydrogen) atoms. The van der Waals surface area contributed by atoms with E-state index in [1.165, 1.54) is 0 Å². The Morgan fingerprint density at radius 1 is 1.47 bits per heavy atom. The minimum Gasteiger partial charge on any atom is -0.466 e. The largest absolute Gasteiger partial charge is 0.466 e. The fourth-order valence-corrected chi connectivity index (χ4v) is 2.24. The van der Waals surface area contributed by atoms with Crippen molar-refractivity contribution in [3.8, 4) is 0 Å². The third-order valence-corrected chi connectivity index (χ3v) is 3.06. The zero-order valence-corrected chi connectivity index (χ0v) is 10.1. The molecule has 0 bridgehead atoms. The number of nitrogens with zero attached hydrogens (tertiary/aromatic N) is 1. The van der Waals surface area contributed by atoms with E-state index in [0.29, 0.717) is 26.0 Å². The number of esters is 1. The van der Waals surface area contributed by atoms with Crippen molar-refractivity contribution in [1.82, 2.24) is 4.57 Å². The average molecular weight is 235 g/mol. The lowest BCUT2D eigenvalue weighted by molar-refractivity contribution is -0.143. The fourth-order valence-electron chi connectivity index (χ4n) is 2.24. The maximum Gasteiger partial charge on any atom is 0.307 e. The van der Waals surface area contributed by atoms with Crippen molar-refractivity contribution in [2.24, 2.45) is 0 Å². The first-order valence-electron chi connectivity index (χ1n) is 6.09. The lowest BCUT2D eigenvalue weighted by Gasteiger charge is -2.14. The summed E-state index contributed by atoms with van der Waals surface area (Å²) >= 11 is 0. The molecule has 0 saturated carbocycles. The number of fused-ring (bicyclic) bond motifs is 1. The molecular weight excluding hydrogens is 218 g/mol. The van der Waals surface area contributed by atoms with Crippen molar-refractivity contribution in [1.29, 1.82) is 0 Å². The smallest absolute Gasteiger partial charge is 0.307 e. The van der Waals surface area contributed by atoms with Gasteiger partial charge in [-0.3, -0.25) is 9.59 Å². The number of ether oxygens (including phenoxy) is 1. The lowest BCUT2D eigenvalue weighted by Crippen LogP contribution is -2.15.